The van der Waals surface area contributed by atoms with Gasteiger partial charge in [0.2, 0.25) is 0 Å². The van der Waals surface area contributed by atoms with E-state index in [1.165, 1.54) is 13.8 Å². The maximum atomic E-state index is 10.1. The number of hydrogen-bond acceptors (Lipinski definition) is 2. The highest BCUT2D eigenvalue weighted by Crippen LogP contribution is 1.94. The van der Waals surface area contributed by atoms with Gasteiger partial charge < -0.3 is 14.9 Å². The molecule has 48 valence electrons. The minimum absolute atomic E-state index is 0.563. The smallest absolute Gasteiger partial charge is 0.626 e. The summed E-state index contributed by atoms with van der Waals surface area (Å²) < 4.78 is 0.731. The lowest BCUT2D eigenvalue weighted by Crippen LogP contribution is -2.36. The predicted octanol–water partition coefficient (Wildman–Crippen LogP) is -0.0996. The summed E-state index contributed by atoms with van der Waals surface area (Å²) in [4.78, 5) is 9.72. The zero-order chi connectivity index (χ0) is 6.73. The lowest BCUT2D eigenvalue weighted by Gasteiger charge is -2.27. The standard InChI is InChI=1S/C4H8O4/c1-3(2)8(7)4(5)6/h3H,1-2H3,(H,5,6). The largest absolute Gasteiger partial charge is 0.725 e. The summed E-state index contributed by atoms with van der Waals surface area (Å²) in [5.41, 5.74) is 0. The van der Waals surface area contributed by atoms with Crippen LogP contribution in [-0.2, 0) is 4.52 Å². The fraction of sp³-hybridized carbons (Fsp3) is 0.750. The molecule has 0 atom stereocenters. The molecule has 0 bridgehead atoms. The fourth-order valence-corrected chi connectivity index (χ4v) is 0.202. The highest BCUT2D eigenvalue weighted by Gasteiger charge is 2.11. The third-order valence-electron chi connectivity index (χ3n) is 0.600. The van der Waals surface area contributed by atoms with Gasteiger partial charge in [0, 0.05) is 4.79 Å². The number of carboxylic acid groups (broad SMARTS) is 1. The van der Waals surface area contributed by atoms with Crippen LogP contribution in [-0.4, -0.2) is 17.4 Å². The van der Waals surface area contributed by atoms with Crippen LogP contribution in [0.25, 0.3) is 0 Å². The van der Waals surface area contributed by atoms with E-state index in [0.717, 1.165) is 4.52 Å². The predicted molar refractivity (Wildman–Crippen MR) is 24.2 cm³/mol. The summed E-state index contributed by atoms with van der Waals surface area (Å²) in [6, 6.07) is 0. The summed E-state index contributed by atoms with van der Waals surface area (Å²) in [6.45, 7) is 2.96. The molecular weight excluding hydrogens is 112 g/mol. The van der Waals surface area contributed by atoms with Crippen LogP contribution in [0, 0.1) is 0 Å². The van der Waals surface area contributed by atoms with Crippen molar-refractivity contribution < 1.29 is 19.7 Å². The molecule has 1 N–H and O–H groups in total. The SMILES string of the molecule is CC(C)[O+]([O-])C(=O)O. The summed E-state index contributed by atoms with van der Waals surface area (Å²) in [5.74, 6) is 0. The number of carbonyl (C=O) groups is 1. The first-order chi connectivity index (χ1) is 3.55. The Hall–Kier alpha value is -0.770. The van der Waals surface area contributed by atoms with Crippen LogP contribution < -0.4 is 5.26 Å². The summed E-state index contributed by atoms with van der Waals surface area (Å²) in [7, 11) is 0. The molecule has 0 amide bonds. The number of rotatable bonds is 1. The van der Waals surface area contributed by atoms with Crippen molar-refractivity contribution in [2.24, 2.45) is 0 Å². The van der Waals surface area contributed by atoms with Crippen molar-refractivity contribution in [3.8, 4) is 0 Å². The molecule has 8 heavy (non-hydrogen) atoms. The summed E-state index contributed by atoms with van der Waals surface area (Å²) in [6.07, 6.45) is -2.08. The van der Waals surface area contributed by atoms with E-state index in [2.05, 4.69) is 0 Å². The molecule has 0 spiro atoms. The van der Waals surface area contributed by atoms with E-state index in [4.69, 9.17) is 5.11 Å². The minimum Gasteiger partial charge on any atom is -0.626 e. The van der Waals surface area contributed by atoms with Gasteiger partial charge in [0.25, 0.3) is 0 Å². The average molecular weight is 120 g/mol. The molecule has 0 radical (unpaired) electrons. The van der Waals surface area contributed by atoms with Crippen molar-refractivity contribution >= 4 is 6.16 Å². The van der Waals surface area contributed by atoms with Gasteiger partial charge in [-0.15, -0.1) is 0 Å². The Morgan fingerprint density at radius 2 is 2.12 bits per heavy atom. The Kier molecular flexibility index (Phi) is 2.27. The third kappa shape index (κ3) is 1.79. The van der Waals surface area contributed by atoms with E-state index in [1.807, 2.05) is 0 Å². The minimum atomic E-state index is -1.51. The van der Waals surface area contributed by atoms with Crippen LogP contribution in [0.4, 0.5) is 4.79 Å². The van der Waals surface area contributed by atoms with Gasteiger partial charge in [-0.2, -0.15) is 0 Å². The molecular formula is C4H8O4. The molecule has 0 saturated heterocycles. The zero-order valence-electron chi connectivity index (χ0n) is 4.75. The van der Waals surface area contributed by atoms with Crippen LogP contribution >= 0.6 is 0 Å². The molecule has 0 aromatic rings. The van der Waals surface area contributed by atoms with Gasteiger partial charge in [-0.3, -0.25) is 0 Å². The van der Waals surface area contributed by atoms with Crippen LogP contribution in [0.3, 0.4) is 0 Å². The first kappa shape index (κ1) is 7.23. The first-order valence-corrected chi connectivity index (χ1v) is 2.19. The Labute approximate surface area is 46.9 Å². The lowest BCUT2D eigenvalue weighted by molar-refractivity contribution is -0.770. The molecule has 0 heterocycles. The van der Waals surface area contributed by atoms with E-state index in [0.29, 0.717) is 0 Å². The van der Waals surface area contributed by atoms with Crippen molar-refractivity contribution in [1.82, 2.24) is 0 Å². The van der Waals surface area contributed by atoms with Gasteiger partial charge in [0.05, 0.1) is 0 Å². The molecule has 4 nitrogen and oxygen atoms in total. The molecule has 0 aliphatic carbocycles. The van der Waals surface area contributed by atoms with Gasteiger partial charge >= 0.3 is 6.16 Å². The molecule has 0 aromatic heterocycles. The highest BCUT2D eigenvalue weighted by molar-refractivity contribution is 5.57. The molecule has 4 heteroatoms. The molecule has 0 aliphatic rings. The lowest BCUT2D eigenvalue weighted by atomic mass is 10.5. The Bertz CT molecular complexity index is 88.0. The Balaban J connectivity index is 3.64. The maximum Gasteiger partial charge on any atom is 0.725 e. The van der Waals surface area contributed by atoms with Gasteiger partial charge in [0.15, 0.2) is 0 Å². The Morgan fingerprint density at radius 3 is 2.12 bits per heavy atom. The summed E-state index contributed by atoms with van der Waals surface area (Å²) in [5, 5.41) is 18.0. The van der Waals surface area contributed by atoms with Gasteiger partial charge in [-0.05, 0) is 13.8 Å². The quantitative estimate of drug-likeness (QED) is 0.227. The molecule has 0 aliphatic heterocycles. The van der Waals surface area contributed by atoms with Crippen LogP contribution in [0.5, 0.6) is 0 Å². The molecule has 0 rings (SSSR count). The molecule has 0 saturated carbocycles. The van der Waals surface area contributed by atoms with E-state index in [1.54, 1.807) is 0 Å². The van der Waals surface area contributed by atoms with E-state index in [9.17, 15) is 10.1 Å². The van der Waals surface area contributed by atoms with Crippen molar-refractivity contribution in [3.63, 3.8) is 0 Å². The van der Waals surface area contributed by atoms with Gasteiger partial charge in [0.1, 0.15) is 6.10 Å². The van der Waals surface area contributed by atoms with Gasteiger partial charge in [-0.25, -0.2) is 0 Å². The second kappa shape index (κ2) is 2.52. The maximum absolute atomic E-state index is 10.1. The van der Waals surface area contributed by atoms with Crippen molar-refractivity contribution in [2.75, 3.05) is 0 Å². The van der Waals surface area contributed by atoms with Gasteiger partial charge in [-0.1, -0.05) is 0 Å². The Morgan fingerprint density at radius 1 is 1.75 bits per heavy atom. The second-order valence-electron chi connectivity index (χ2n) is 1.61. The van der Waals surface area contributed by atoms with E-state index < -0.39 is 12.3 Å². The second-order valence-corrected chi connectivity index (χ2v) is 1.61. The first-order valence-electron chi connectivity index (χ1n) is 2.19. The highest BCUT2D eigenvalue weighted by atomic mass is 17.3. The normalized spacial score (nSPS) is 9.50. The summed E-state index contributed by atoms with van der Waals surface area (Å²) >= 11 is 0. The van der Waals surface area contributed by atoms with Crippen LogP contribution in [0.2, 0.25) is 0 Å². The zero-order valence-corrected chi connectivity index (χ0v) is 4.75. The van der Waals surface area contributed by atoms with Crippen molar-refractivity contribution in [2.45, 2.75) is 20.0 Å². The number of hydrogen-bond donors (Lipinski definition) is 1. The van der Waals surface area contributed by atoms with Crippen LogP contribution in [0.1, 0.15) is 13.8 Å². The fourth-order valence-electron chi connectivity index (χ4n) is 0.202. The molecule has 0 fully saturated rings. The van der Waals surface area contributed by atoms with E-state index >= 15 is 0 Å². The van der Waals surface area contributed by atoms with Crippen molar-refractivity contribution in [1.29, 1.82) is 0 Å². The topological polar surface area (TPSA) is 63.1 Å². The average Bonchev–Trinajstić information content (AvgIpc) is 1.64. The van der Waals surface area contributed by atoms with Crippen LogP contribution in [0.15, 0.2) is 0 Å². The van der Waals surface area contributed by atoms with E-state index in [-0.39, 0.29) is 0 Å². The third-order valence-corrected chi connectivity index (χ3v) is 0.600. The monoisotopic (exact) mass is 120 g/mol. The molecule has 0 unspecified atom stereocenters. The van der Waals surface area contributed by atoms with Crippen molar-refractivity contribution in [3.05, 3.63) is 0 Å². The molecule has 0 aromatic carbocycles.